The van der Waals surface area contributed by atoms with Gasteiger partial charge in [-0.1, -0.05) is 0 Å². The maximum Gasteiger partial charge on any atom is 0.191 e. The van der Waals surface area contributed by atoms with Crippen molar-refractivity contribution in [1.82, 2.24) is 15.2 Å². The van der Waals surface area contributed by atoms with Gasteiger partial charge in [0.05, 0.1) is 6.61 Å². The SMILES string of the molecule is CN=C(NCCOC)NCc1ccn(C)c1. The lowest BCUT2D eigenvalue weighted by Crippen LogP contribution is -2.38. The predicted molar refractivity (Wildman–Crippen MR) is 65.5 cm³/mol. The number of aromatic nitrogens is 1. The molecule has 0 amide bonds. The molecule has 1 rings (SSSR count). The fourth-order valence-corrected chi connectivity index (χ4v) is 1.34. The zero-order valence-electron chi connectivity index (χ0n) is 10.2. The standard InChI is InChI=1S/C11H20N4O/c1-12-11(13-5-7-16-3)14-8-10-4-6-15(2)9-10/h4,6,9H,5,7-8H2,1-3H3,(H2,12,13,14). The van der Waals surface area contributed by atoms with Crippen LogP contribution in [0.2, 0.25) is 0 Å². The maximum atomic E-state index is 4.95. The molecular weight excluding hydrogens is 204 g/mol. The third-order valence-corrected chi connectivity index (χ3v) is 2.18. The van der Waals surface area contributed by atoms with Crippen LogP contribution in [0.1, 0.15) is 5.56 Å². The van der Waals surface area contributed by atoms with E-state index in [2.05, 4.69) is 27.9 Å². The van der Waals surface area contributed by atoms with Gasteiger partial charge in [0.1, 0.15) is 0 Å². The number of hydrogen-bond acceptors (Lipinski definition) is 2. The van der Waals surface area contributed by atoms with Gasteiger partial charge in [-0.2, -0.15) is 0 Å². The summed E-state index contributed by atoms with van der Waals surface area (Å²) >= 11 is 0. The smallest absolute Gasteiger partial charge is 0.191 e. The van der Waals surface area contributed by atoms with E-state index in [1.165, 1.54) is 5.56 Å². The first-order chi connectivity index (χ1) is 7.76. The molecule has 0 spiro atoms. The van der Waals surface area contributed by atoms with Crippen molar-refractivity contribution < 1.29 is 4.74 Å². The number of nitrogens with one attached hydrogen (secondary N) is 2. The molecule has 0 fully saturated rings. The third-order valence-electron chi connectivity index (χ3n) is 2.18. The first-order valence-corrected chi connectivity index (χ1v) is 5.30. The van der Waals surface area contributed by atoms with Gasteiger partial charge in [0.25, 0.3) is 0 Å². The number of aryl methyl sites for hydroxylation is 1. The van der Waals surface area contributed by atoms with Crippen molar-refractivity contribution >= 4 is 5.96 Å². The summed E-state index contributed by atoms with van der Waals surface area (Å²) in [4.78, 5) is 4.11. The Morgan fingerprint density at radius 3 is 2.88 bits per heavy atom. The Kier molecular flexibility index (Phi) is 5.42. The highest BCUT2D eigenvalue weighted by molar-refractivity contribution is 5.79. The van der Waals surface area contributed by atoms with Gasteiger partial charge in [0.2, 0.25) is 0 Å². The molecule has 0 aliphatic carbocycles. The molecule has 1 aromatic heterocycles. The Morgan fingerprint density at radius 2 is 2.31 bits per heavy atom. The van der Waals surface area contributed by atoms with Crippen LogP contribution in [0.5, 0.6) is 0 Å². The van der Waals surface area contributed by atoms with Gasteiger partial charge >= 0.3 is 0 Å². The van der Waals surface area contributed by atoms with E-state index in [1.807, 2.05) is 17.8 Å². The number of guanidine groups is 1. The third kappa shape index (κ3) is 4.35. The van der Waals surface area contributed by atoms with E-state index in [-0.39, 0.29) is 0 Å². The van der Waals surface area contributed by atoms with Crippen LogP contribution in [0.3, 0.4) is 0 Å². The van der Waals surface area contributed by atoms with Gasteiger partial charge < -0.3 is 19.9 Å². The predicted octanol–water partition coefficient (Wildman–Crippen LogP) is 0.337. The summed E-state index contributed by atoms with van der Waals surface area (Å²) < 4.78 is 6.98. The van der Waals surface area contributed by atoms with Crippen molar-refractivity contribution in [3.05, 3.63) is 24.0 Å². The first kappa shape index (κ1) is 12.6. The Bertz CT molecular complexity index is 332. The van der Waals surface area contributed by atoms with Crippen LogP contribution >= 0.6 is 0 Å². The fraction of sp³-hybridized carbons (Fsp3) is 0.545. The normalized spacial score (nSPS) is 11.6. The summed E-state index contributed by atoms with van der Waals surface area (Å²) in [5, 5.41) is 6.38. The summed E-state index contributed by atoms with van der Waals surface area (Å²) in [5.41, 5.74) is 1.23. The summed E-state index contributed by atoms with van der Waals surface area (Å²) in [7, 11) is 5.45. The fourth-order valence-electron chi connectivity index (χ4n) is 1.34. The van der Waals surface area contributed by atoms with Crippen LogP contribution in [0.4, 0.5) is 0 Å². The van der Waals surface area contributed by atoms with Crippen LogP contribution in [-0.2, 0) is 18.3 Å². The molecule has 0 saturated heterocycles. The monoisotopic (exact) mass is 224 g/mol. The van der Waals surface area contributed by atoms with Gasteiger partial charge in [-0.15, -0.1) is 0 Å². The Hall–Kier alpha value is -1.49. The zero-order valence-corrected chi connectivity index (χ0v) is 10.2. The van der Waals surface area contributed by atoms with Gasteiger partial charge in [-0.05, 0) is 11.6 Å². The molecule has 0 aliphatic heterocycles. The number of ether oxygens (including phenoxy) is 1. The number of rotatable bonds is 5. The second-order valence-electron chi connectivity index (χ2n) is 3.53. The molecule has 0 bridgehead atoms. The maximum absolute atomic E-state index is 4.95. The molecule has 0 atom stereocenters. The molecule has 0 aliphatic rings. The zero-order chi connectivity index (χ0) is 11.8. The van der Waals surface area contributed by atoms with Crippen molar-refractivity contribution in [3.63, 3.8) is 0 Å². The molecule has 1 aromatic rings. The lowest BCUT2D eigenvalue weighted by atomic mass is 10.3. The van der Waals surface area contributed by atoms with Gasteiger partial charge in [0.15, 0.2) is 5.96 Å². The molecule has 5 nitrogen and oxygen atoms in total. The lowest BCUT2D eigenvalue weighted by Gasteiger charge is -2.10. The quantitative estimate of drug-likeness (QED) is 0.431. The molecule has 2 N–H and O–H groups in total. The second kappa shape index (κ2) is 6.90. The Morgan fingerprint density at radius 1 is 1.50 bits per heavy atom. The van der Waals surface area contributed by atoms with Crippen LogP contribution in [0, 0.1) is 0 Å². The molecule has 5 heteroatoms. The van der Waals surface area contributed by atoms with Crippen LogP contribution in [0.25, 0.3) is 0 Å². The topological polar surface area (TPSA) is 50.6 Å². The van der Waals surface area contributed by atoms with Crippen molar-refractivity contribution in [2.75, 3.05) is 27.3 Å². The number of hydrogen-bond donors (Lipinski definition) is 2. The molecule has 0 saturated carbocycles. The van der Waals surface area contributed by atoms with E-state index in [4.69, 9.17) is 4.74 Å². The average Bonchev–Trinajstić information content (AvgIpc) is 2.69. The highest BCUT2D eigenvalue weighted by Gasteiger charge is 1.98. The van der Waals surface area contributed by atoms with Crippen LogP contribution < -0.4 is 10.6 Å². The van der Waals surface area contributed by atoms with E-state index in [9.17, 15) is 0 Å². The summed E-state index contributed by atoms with van der Waals surface area (Å²) in [6.07, 6.45) is 4.10. The Labute approximate surface area is 96.5 Å². The summed E-state index contributed by atoms with van der Waals surface area (Å²) in [5.74, 6) is 0.793. The van der Waals surface area contributed by atoms with Gasteiger partial charge in [-0.25, -0.2) is 0 Å². The van der Waals surface area contributed by atoms with E-state index >= 15 is 0 Å². The average molecular weight is 224 g/mol. The van der Waals surface area contributed by atoms with E-state index in [1.54, 1.807) is 14.2 Å². The summed E-state index contributed by atoms with van der Waals surface area (Å²) in [6, 6.07) is 2.08. The number of methoxy groups -OCH3 is 1. The van der Waals surface area contributed by atoms with Crippen molar-refractivity contribution in [3.8, 4) is 0 Å². The van der Waals surface area contributed by atoms with Crippen molar-refractivity contribution in [2.45, 2.75) is 6.54 Å². The van der Waals surface area contributed by atoms with Crippen molar-refractivity contribution in [1.29, 1.82) is 0 Å². The van der Waals surface area contributed by atoms with Crippen LogP contribution in [0.15, 0.2) is 23.5 Å². The molecule has 16 heavy (non-hydrogen) atoms. The molecule has 0 aromatic carbocycles. The minimum absolute atomic E-state index is 0.673. The highest BCUT2D eigenvalue weighted by Crippen LogP contribution is 1.97. The Balaban J connectivity index is 2.29. The second-order valence-corrected chi connectivity index (χ2v) is 3.53. The van der Waals surface area contributed by atoms with Gasteiger partial charge in [0, 0.05) is 46.7 Å². The van der Waals surface area contributed by atoms with Crippen LogP contribution in [-0.4, -0.2) is 37.8 Å². The first-order valence-electron chi connectivity index (χ1n) is 5.30. The van der Waals surface area contributed by atoms with E-state index in [0.29, 0.717) is 6.61 Å². The van der Waals surface area contributed by atoms with E-state index in [0.717, 1.165) is 19.0 Å². The molecule has 90 valence electrons. The molecular formula is C11H20N4O. The highest BCUT2D eigenvalue weighted by atomic mass is 16.5. The molecule has 1 heterocycles. The lowest BCUT2D eigenvalue weighted by molar-refractivity contribution is 0.203. The molecule has 0 radical (unpaired) electrons. The number of aliphatic imine (C=N–C) groups is 1. The largest absolute Gasteiger partial charge is 0.383 e. The minimum Gasteiger partial charge on any atom is -0.383 e. The number of nitrogens with zero attached hydrogens (tertiary/aromatic N) is 2. The minimum atomic E-state index is 0.673. The summed E-state index contributed by atoms with van der Waals surface area (Å²) in [6.45, 7) is 2.20. The van der Waals surface area contributed by atoms with Crippen molar-refractivity contribution in [2.24, 2.45) is 12.0 Å². The van der Waals surface area contributed by atoms with E-state index < -0.39 is 0 Å². The van der Waals surface area contributed by atoms with Gasteiger partial charge in [-0.3, -0.25) is 4.99 Å². The molecule has 0 unspecified atom stereocenters.